The molecule has 0 bridgehead atoms. The highest BCUT2D eigenvalue weighted by molar-refractivity contribution is 5.96. The van der Waals surface area contributed by atoms with Gasteiger partial charge in [-0.05, 0) is 56.2 Å². The molecular weight excluding hydrogens is 544 g/mol. The van der Waals surface area contributed by atoms with Crippen LogP contribution >= 0.6 is 0 Å². The number of nitrogen functional groups attached to an aromatic ring is 1. The van der Waals surface area contributed by atoms with E-state index >= 15 is 0 Å². The van der Waals surface area contributed by atoms with Gasteiger partial charge in [0.1, 0.15) is 11.6 Å². The van der Waals surface area contributed by atoms with Gasteiger partial charge >= 0.3 is 0 Å². The van der Waals surface area contributed by atoms with Crippen molar-refractivity contribution < 1.29 is 23.5 Å². The molecule has 0 fully saturated rings. The molecule has 42 heavy (non-hydrogen) atoms. The van der Waals surface area contributed by atoms with E-state index in [4.69, 9.17) is 5.73 Å². The fraction of sp³-hybridized carbons (Fsp3) is 0.267. The minimum Gasteiger partial charge on any atom is -0.493 e. The maximum Gasteiger partial charge on any atom is 0.253 e. The number of aryl methyl sites for hydroxylation is 1. The van der Waals surface area contributed by atoms with Crippen LogP contribution in [0, 0.1) is 18.6 Å². The maximum atomic E-state index is 13.6. The second-order valence-corrected chi connectivity index (χ2v) is 9.93. The molecule has 0 aliphatic carbocycles. The summed E-state index contributed by atoms with van der Waals surface area (Å²) in [4.78, 5) is 30.7. The molecule has 4 rings (SSSR count). The van der Waals surface area contributed by atoms with Gasteiger partial charge in [0.05, 0.1) is 34.0 Å². The average molecular weight is 578 g/mol. The van der Waals surface area contributed by atoms with E-state index in [0.717, 1.165) is 25.7 Å². The van der Waals surface area contributed by atoms with E-state index in [1.165, 1.54) is 42.6 Å². The molecule has 2 heterocycles. The summed E-state index contributed by atoms with van der Waals surface area (Å²) in [6.07, 6.45) is 5.88. The van der Waals surface area contributed by atoms with Crippen molar-refractivity contribution in [2.45, 2.75) is 45.4 Å². The number of hydrogen-bond acceptors (Lipinski definition) is 6. The number of aromatic amines is 2. The van der Waals surface area contributed by atoms with E-state index in [9.17, 15) is 23.5 Å². The Morgan fingerprint density at radius 3 is 2.55 bits per heavy atom. The van der Waals surface area contributed by atoms with Crippen LogP contribution < -0.4 is 26.9 Å². The number of anilines is 2. The van der Waals surface area contributed by atoms with Gasteiger partial charge < -0.3 is 31.4 Å². The van der Waals surface area contributed by atoms with Gasteiger partial charge in [-0.15, -0.1) is 5.11 Å². The Hall–Kier alpha value is -5.00. The fourth-order valence-corrected chi connectivity index (χ4v) is 4.59. The number of nitrogens with two attached hydrogens (primary N) is 1. The zero-order chi connectivity index (χ0) is 30.2. The lowest BCUT2D eigenvalue weighted by Gasteiger charge is -2.08. The third-order valence-corrected chi connectivity index (χ3v) is 6.76. The van der Waals surface area contributed by atoms with Crippen LogP contribution in [0.1, 0.15) is 54.6 Å². The molecule has 0 saturated carbocycles. The molecule has 10 nitrogen and oxygen atoms in total. The third-order valence-electron chi connectivity index (χ3n) is 6.76. The Bertz CT molecular complexity index is 1740. The summed E-state index contributed by atoms with van der Waals surface area (Å²) in [5.41, 5.74) is 7.96. The van der Waals surface area contributed by atoms with Crippen LogP contribution in [0.15, 0.2) is 46.6 Å². The Labute approximate surface area is 240 Å². The van der Waals surface area contributed by atoms with Crippen LogP contribution in [0.4, 0.5) is 25.8 Å². The number of benzene rings is 2. The van der Waals surface area contributed by atoms with Crippen molar-refractivity contribution in [2.24, 2.45) is 10.2 Å². The number of carbonyl (C=O) groups is 2. The zero-order valence-corrected chi connectivity index (χ0v) is 23.2. The average Bonchev–Trinajstić information content (AvgIpc) is 3.40. The molecule has 0 aliphatic heterocycles. The first kappa shape index (κ1) is 30.0. The molecule has 0 radical (unpaired) electrons. The largest absolute Gasteiger partial charge is 0.493 e. The number of hydrogen-bond donors (Lipinski definition) is 6. The number of aromatic hydroxyl groups is 1. The van der Waals surface area contributed by atoms with E-state index in [1.807, 2.05) is 0 Å². The second kappa shape index (κ2) is 13.6. The number of fused-ring (bicyclic) bond motifs is 1. The maximum absolute atomic E-state index is 13.6. The Morgan fingerprint density at radius 1 is 1.05 bits per heavy atom. The lowest BCUT2D eigenvalue weighted by Crippen LogP contribution is -2.32. The highest BCUT2D eigenvalue weighted by Crippen LogP contribution is 2.35. The number of H-pyrrole nitrogens is 2. The molecule has 0 unspecified atom stereocenters. The number of rotatable bonds is 12. The Kier molecular flexibility index (Phi) is 9.69. The molecule has 0 atom stereocenters. The normalized spacial score (nSPS) is 11.9. The van der Waals surface area contributed by atoms with E-state index in [1.54, 1.807) is 6.92 Å². The summed E-state index contributed by atoms with van der Waals surface area (Å²) < 4.78 is 26.7. The molecular formula is C30H33F2N7O3. The number of nitrogens with one attached hydrogen (secondary N) is 4. The molecule has 2 aromatic heterocycles. The van der Waals surface area contributed by atoms with Crippen molar-refractivity contribution in [1.82, 2.24) is 15.3 Å². The lowest BCUT2D eigenvalue weighted by molar-refractivity contribution is -0.116. The van der Waals surface area contributed by atoms with Crippen molar-refractivity contribution in [3.63, 3.8) is 0 Å². The molecule has 12 heteroatoms. The predicted molar refractivity (Wildman–Crippen MR) is 159 cm³/mol. The Morgan fingerprint density at radius 2 is 1.76 bits per heavy atom. The highest BCUT2D eigenvalue weighted by Gasteiger charge is 2.13. The molecule has 220 valence electrons. The summed E-state index contributed by atoms with van der Waals surface area (Å²) in [5, 5.41) is 25.0. The number of nitrogens with zero attached hydrogens (tertiary/aromatic N) is 2. The van der Waals surface area contributed by atoms with E-state index in [2.05, 4.69) is 37.4 Å². The fourth-order valence-electron chi connectivity index (χ4n) is 4.59. The number of aromatic nitrogens is 2. The molecule has 0 saturated heterocycles. The number of amides is 2. The molecule has 0 spiro atoms. The standard InChI is InChI=1S/C30H33F2N7O3/c1-17-25(16-35-39-28-21-14-19(31)9-11-23(21)38-30(28)42)36-18(2)27(17)29(41)34-13-7-5-3-4-6-8-26(40)37-24-12-10-20(32)15-22(24)33/h9-12,14-16,36,38,42H,1,3-8,13,33H2,2H3,(H,34,41)(H,37,40). The van der Waals surface area contributed by atoms with Crippen molar-refractivity contribution >= 4 is 52.6 Å². The minimum atomic E-state index is -0.465. The summed E-state index contributed by atoms with van der Waals surface area (Å²) >= 11 is 0. The molecule has 0 aliphatic rings. The predicted octanol–water partition coefficient (Wildman–Crippen LogP) is 5.01. The van der Waals surface area contributed by atoms with Crippen LogP contribution in [0.5, 0.6) is 5.88 Å². The van der Waals surface area contributed by atoms with Crippen molar-refractivity contribution in [3.05, 3.63) is 69.9 Å². The van der Waals surface area contributed by atoms with Gasteiger partial charge in [0.15, 0.2) is 5.69 Å². The van der Waals surface area contributed by atoms with Gasteiger partial charge in [0.25, 0.3) is 5.91 Å². The van der Waals surface area contributed by atoms with Gasteiger partial charge in [0.2, 0.25) is 11.8 Å². The van der Waals surface area contributed by atoms with E-state index in [0.29, 0.717) is 57.8 Å². The minimum absolute atomic E-state index is 0.103. The quantitative estimate of drug-likeness (QED) is 0.0793. The van der Waals surface area contributed by atoms with E-state index < -0.39 is 11.6 Å². The van der Waals surface area contributed by atoms with Crippen LogP contribution in [0.3, 0.4) is 0 Å². The number of azo groups is 1. The van der Waals surface area contributed by atoms with Crippen molar-refractivity contribution in [3.8, 4) is 5.88 Å². The second-order valence-electron chi connectivity index (χ2n) is 9.93. The number of carbonyl (C=O) groups excluding carboxylic acids is 2. The summed E-state index contributed by atoms with van der Waals surface area (Å²) in [5.74, 6) is -1.58. The topological polar surface area (TPSA) is 161 Å². The van der Waals surface area contributed by atoms with Gasteiger partial charge in [-0.2, -0.15) is 5.11 Å². The van der Waals surface area contributed by atoms with Gasteiger partial charge in [-0.1, -0.05) is 25.8 Å². The van der Waals surface area contributed by atoms with Crippen molar-refractivity contribution in [1.29, 1.82) is 0 Å². The van der Waals surface area contributed by atoms with Crippen LogP contribution in [0.2, 0.25) is 0 Å². The zero-order valence-electron chi connectivity index (χ0n) is 23.2. The monoisotopic (exact) mass is 577 g/mol. The lowest BCUT2D eigenvalue weighted by atomic mass is 10.1. The smallest absolute Gasteiger partial charge is 0.253 e. The van der Waals surface area contributed by atoms with E-state index in [-0.39, 0.29) is 29.1 Å². The van der Waals surface area contributed by atoms with Gasteiger partial charge in [-0.25, -0.2) is 8.78 Å². The van der Waals surface area contributed by atoms with Gasteiger partial charge in [-0.3, -0.25) is 9.59 Å². The summed E-state index contributed by atoms with van der Waals surface area (Å²) in [6.45, 7) is 6.24. The molecule has 2 aromatic carbocycles. The number of unbranched alkanes of at least 4 members (excludes halogenated alkanes) is 4. The molecule has 4 aromatic rings. The number of halogens is 2. The first-order chi connectivity index (χ1) is 20.1. The van der Waals surface area contributed by atoms with Crippen LogP contribution in [-0.4, -0.2) is 33.4 Å². The first-order valence-electron chi connectivity index (χ1n) is 13.6. The Balaban J connectivity index is 1.20. The first-order valence-corrected chi connectivity index (χ1v) is 13.6. The van der Waals surface area contributed by atoms with Gasteiger partial charge in [0, 0.05) is 29.3 Å². The molecule has 2 amide bonds. The summed E-state index contributed by atoms with van der Waals surface area (Å²) in [7, 11) is 0. The van der Waals surface area contributed by atoms with Crippen LogP contribution in [0.25, 0.3) is 23.7 Å². The van der Waals surface area contributed by atoms with Crippen molar-refractivity contribution in [2.75, 3.05) is 17.6 Å². The third kappa shape index (κ3) is 7.39. The SMILES string of the molecule is C=c1c(C(=O)NCCCCCCCC(=O)Nc2ccc(F)cc2N)c(C)[nH]c1=CN=Nc1c(O)[nH]c2ccc(F)cc12. The summed E-state index contributed by atoms with van der Waals surface area (Å²) in [6, 6.07) is 7.87. The highest BCUT2D eigenvalue weighted by atomic mass is 19.1. The molecule has 7 N–H and O–H groups in total. The van der Waals surface area contributed by atoms with Crippen LogP contribution in [-0.2, 0) is 4.79 Å².